The molecule has 2 atom stereocenters. The highest BCUT2D eigenvalue weighted by atomic mass is 19.4. The Morgan fingerprint density at radius 1 is 1.23 bits per heavy atom. The maximum Gasteiger partial charge on any atom is 0.408 e. The summed E-state index contributed by atoms with van der Waals surface area (Å²) in [5, 5.41) is 12.4. The fourth-order valence-corrected chi connectivity index (χ4v) is 5.24. The number of anilines is 1. The van der Waals surface area contributed by atoms with Crippen LogP contribution in [0, 0.1) is 17.0 Å². The lowest BCUT2D eigenvalue weighted by Crippen LogP contribution is -2.46. The minimum atomic E-state index is -4.79. The molecule has 1 aliphatic heterocycles. The number of alkyl halides is 3. The normalized spacial score (nSPS) is 20.3. The van der Waals surface area contributed by atoms with E-state index in [4.69, 9.17) is 0 Å². The molecule has 14 heteroatoms. The van der Waals surface area contributed by atoms with E-state index >= 15 is 0 Å². The number of halogens is 5. The molecule has 9 nitrogen and oxygen atoms in total. The van der Waals surface area contributed by atoms with Crippen molar-refractivity contribution in [3.8, 4) is 5.82 Å². The highest BCUT2D eigenvalue weighted by Crippen LogP contribution is 2.57. The Morgan fingerprint density at radius 2 is 1.90 bits per heavy atom. The number of fused-ring (bicyclic) bond motifs is 1. The van der Waals surface area contributed by atoms with Crippen molar-refractivity contribution in [1.29, 1.82) is 0 Å². The van der Waals surface area contributed by atoms with Gasteiger partial charge in [0.2, 0.25) is 11.3 Å². The van der Waals surface area contributed by atoms with Gasteiger partial charge in [0.25, 0.3) is 5.91 Å². The molecule has 0 aromatic carbocycles. The molecule has 4 heterocycles. The second kappa shape index (κ2) is 9.04. The second-order valence-corrected chi connectivity index (χ2v) is 10.6. The second-order valence-electron chi connectivity index (χ2n) is 10.6. The number of nitrogens with zero attached hydrogens (tertiary/aromatic N) is 4. The Kier molecular flexibility index (Phi) is 6.25. The average molecular weight is 565 g/mol. The van der Waals surface area contributed by atoms with E-state index in [2.05, 4.69) is 9.97 Å². The van der Waals surface area contributed by atoms with E-state index in [1.54, 1.807) is 19.2 Å². The van der Waals surface area contributed by atoms with E-state index in [9.17, 15) is 41.4 Å². The molecule has 1 aliphatic carbocycles. The molecule has 2 aliphatic rings. The Labute approximate surface area is 223 Å². The first-order valence-corrected chi connectivity index (χ1v) is 12.4. The summed E-state index contributed by atoms with van der Waals surface area (Å²) in [6, 6.07) is 0.752. The Bertz CT molecular complexity index is 1620. The molecule has 212 valence electrons. The van der Waals surface area contributed by atoms with Crippen LogP contribution in [0.1, 0.15) is 50.4 Å². The van der Waals surface area contributed by atoms with Gasteiger partial charge in [-0.25, -0.2) is 18.7 Å². The van der Waals surface area contributed by atoms with Crippen molar-refractivity contribution in [2.24, 2.45) is 5.41 Å². The number of hydrogen-bond acceptors (Lipinski definition) is 6. The van der Waals surface area contributed by atoms with Crippen molar-refractivity contribution in [2.45, 2.75) is 63.9 Å². The van der Waals surface area contributed by atoms with Gasteiger partial charge in [-0.3, -0.25) is 23.9 Å². The zero-order valence-corrected chi connectivity index (χ0v) is 21.5. The van der Waals surface area contributed by atoms with Crippen LogP contribution in [0.2, 0.25) is 0 Å². The van der Waals surface area contributed by atoms with Crippen molar-refractivity contribution in [3.63, 3.8) is 0 Å². The van der Waals surface area contributed by atoms with Crippen LogP contribution >= 0.6 is 0 Å². The minimum Gasteiger partial charge on any atom is -0.390 e. The fraction of sp³-hybridized carbons (Fsp3) is 0.423. The highest BCUT2D eigenvalue weighted by Gasteiger charge is 2.69. The van der Waals surface area contributed by atoms with Crippen LogP contribution in [-0.2, 0) is 4.79 Å². The van der Waals surface area contributed by atoms with Gasteiger partial charge in [-0.1, -0.05) is 6.92 Å². The monoisotopic (exact) mass is 565 g/mol. The molecule has 2 unspecified atom stereocenters. The third-order valence-corrected chi connectivity index (χ3v) is 7.59. The van der Waals surface area contributed by atoms with E-state index in [-0.39, 0.29) is 16.9 Å². The summed E-state index contributed by atoms with van der Waals surface area (Å²) in [6.45, 7) is 4.37. The number of pyridine rings is 3. The molecule has 40 heavy (non-hydrogen) atoms. The van der Waals surface area contributed by atoms with Crippen LogP contribution in [0.15, 0.2) is 35.4 Å². The van der Waals surface area contributed by atoms with Gasteiger partial charge < -0.3 is 10.4 Å². The van der Waals surface area contributed by atoms with E-state index in [1.807, 2.05) is 0 Å². The first-order chi connectivity index (χ1) is 18.6. The van der Waals surface area contributed by atoms with E-state index in [1.165, 1.54) is 24.0 Å². The lowest BCUT2D eigenvalue weighted by Gasteiger charge is -2.25. The number of nitrogens with one attached hydrogen (secondary N) is 1. The number of carbonyl (C=O) groups is 2. The molecule has 1 spiro atoms. The van der Waals surface area contributed by atoms with Gasteiger partial charge in [-0.05, 0) is 45.2 Å². The van der Waals surface area contributed by atoms with Crippen molar-refractivity contribution in [3.05, 3.63) is 58.0 Å². The van der Waals surface area contributed by atoms with E-state index in [0.29, 0.717) is 25.1 Å². The average Bonchev–Trinajstić information content (AvgIpc) is 3.65. The molecule has 2 fully saturated rings. The van der Waals surface area contributed by atoms with Crippen LogP contribution in [0.3, 0.4) is 0 Å². The summed E-state index contributed by atoms with van der Waals surface area (Å²) in [4.78, 5) is 48.9. The summed E-state index contributed by atoms with van der Waals surface area (Å²) < 4.78 is 69.3. The fourth-order valence-electron chi connectivity index (χ4n) is 5.24. The summed E-state index contributed by atoms with van der Waals surface area (Å²) in [7, 11) is 0. The molecule has 3 aromatic rings. The summed E-state index contributed by atoms with van der Waals surface area (Å²) in [5.74, 6) is -4.61. The smallest absolute Gasteiger partial charge is 0.390 e. The number of amides is 2. The number of hydrogen-bond donors (Lipinski definition) is 2. The predicted octanol–water partition coefficient (Wildman–Crippen LogP) is 3.40. The third kappa shape index (κ3) is 4.12. The van der Waals surface area contributed by atoms with E-state index < -0.39 is 76.0 Å². The zero-order valence-electron chi connectivity index (χ0n) is 21.5. The largest absolute Gasteiger partial charge is 0.408 e. The molecular weight excluding hydrogens is 541 g/mol. The molecule has 1 saturated carbocycles. The Hall–Kier alpha value is -3.94. The van der Waals surface area contributed by atoms with Crippen molar-refractivity contribution >= 4 is 28.7 Å². The molecule has 5 rings (SSSR count). The zero-order chi connectivity index (χ0) is 29.4. The van der Waals surface area contributed by atoms with E-state index in [0.717, 1.165) is 10.8 Å². The van der Waals surface area contributed by atoms with Crippen molar-refractivity contribution in [1.82, 2.24) is 19.9 Å². The topological polar surface area (TPSA) is 117 Å². The van der Waals surface area contributed by atoms with Crippen LogP contribution in [-0.4, -0.2) is 55.3 Å². The van der Waals surface area contributed by atoms with Crippen molar-refractivity contribution < 1.29 is 36.6 Å². The van der Waals surface area contributed by atoms with Crippen LogP contribution in [0.5, 0.6) is 0 Å². The summed E-state index contributed by atoms with van der Waals surface area (Å²) in [6.07, 6.45) is -3.90. The molecule has 2 amide bonds. The van der Waals surface area contributed by atoms with Gasteiger partial charge in [0.05, 0.1) is 28.6 Å². The number of rotatable bonds is 5. The lowest BCUT2D eigenvalue weighted by molar-refractivity contribution is -0.153. The van der Waals surface area contributed by atoms with Crippen LogP contribution in [0.25, 0.3) is 16.9 Å². The Morgan fingerprint density at radius 3 is 2.48 bits per heavy atom. The highest BCUT2D eigenvalue weighted by molar-refractivity contribution is 6.03. The number of carbonyl (C=O) groups excluding carboxylic acids is 2. The van der Waals surface area contributed by atoms with Crippen molar-refractivity contribution in [2.75, 3.05) is 4.90 Å². The molecule has 1 saturated heterocycles. The van der Waals surface area contributed by atoms with Gasteiger partial charge in [0, 0.05) is 12.3 Å². The molecule has 0 bridgehead atoms. The predicted molar refractivity (Wildman–Crippen MR) is 132 cm³/mol. The SMILES string of the molecule is CCC(NC(=O)c1cn(-c2ncc(F)cc2F)c2nc(N3C(=O)C(C)(C)C(O)C34CC4)ccc2c1=O)C(F)(F)F. The van der Waals surface area contributed by atoms with Gasteiger partial charge in [0.15, 0.2) is 17.3 Å². The van der Waals surface area contributed by atoms with Gasteiger partial charge >= 0.3 is 6.18 Å². The van der Waals surface area contributed by atoms with Gasteiger partial charge in [0.1, 0.15) is 23.2 Å². The van der Waals surface area contributed by atoms with Gasteiger partial charge in [-0.2, -0.15) is 13.2 Å². The third-order valence-electron chi connectivity index (χ3n) is 7.59. The number of aromatic nitrogens is 3. The molecule has 3 aromatic heterocycles. The summed E-state index contributed by atoms with van der Waals surface area (Å²) in [5.41, 5.74) is -4.12. The van der Waals surface area contributed by atoms with Crippen LogP contribution in [0.4, 0.5) is 27.8 Å². The van der Waals surface area contributed by atoms with Crippen LogP contribution < -0.4 is 15.6 Å². The first kappa shape index (κ1) is 27.6. The molecule has 2 N–H and O–H groups in total. The minimum absolute atomic E-state index is 0.0237. The lowest BCUT2D eigenvalue weighted by atomic mass is 9.86. The maximum absolute atomic E-state index is 14.9. The maximum atomic E-state index is 14.9. The summed E-state index contributed by atoms with van der Waals surface area (Å²) >= 11 is 0. The number of aliphatic hydroxyl groups excluding tert-OH is 1. The quantitative estimate of drug-likeness (QED) is 0.458. The molecular formula is C26H24F5N5O4. The number of aliphatic hydroxyl groups is 1. The Balaban J connectivity index is 1.72. The first-order valence-electron chi connectivity index (χ1n) is 12.4. The standard InChI is InChI=1S/C26H24F5N5O4/c1-4-16(26(29,30)31)33-21(38)14-11-35(20-15(28)9-12(27)10-32-20)19-13(18(14)37)5-6-17(34-19)36-23(40)24(2,3)22(39)25(36)7-8-25/h5-6,9-11,16,22,39H,4,7-8H2,1-3H3,(H,33,38). The molecule has 0 radical (unpaired) electrons. The van der Waals surface area contributed by atoms with Gasteiger partial charge in [-0.15, -0.1) is 0 Å².